The maximum atomic E-state index is 4.25. The molecule has 0 aliphatic rings. The van der Waals surface area contributed by atoms with Crippen LogP contribution in [0.2, 0.25) is 0 Å². The SMILES string of the molecule is N[NH3+].N[NH3+].[S-2].[S-2].[S-2].[S-2].[W]. The van der Waals surface area contributed by atoms with Gasteiger partial charge in [0.25, 0.3) is 0 Å². The molecule has 0 saturated heterocycles. The molecule has 0 atom stereocenters. The molecule has 0 aliphatic heterocycles. The summed E-state index contributed by atoms with van der Waals surface area (Å²) < 4.78 is 0. The fourth-order valence-corrected chi connectivity index (χ4v) is 0. The van der Waals surface area contributed by atoms with Gasteiger partial charge in [-0.05, 0) is 0 Å². The predicted molar refractivity (Wildman–Crippen MR) is 43.6 cm³/mol. The first-order valence-electron chi connectivity index (χ1n) is 0.816. The number of hydrogen-bond acceptors (Lipinski definition) is 2. The van der Waals surface area contributed by atoms with Crippen molar-refractivity contribution < 1.29 is 32.8 Å². The molecule has 0 aromatic heterocycles. The van der Waals surface area contributed by atoms with Crippen molar-refractivity contribution in [1.29, 1.82) is 0 Å². The third-order valence-corrected chi connectivity index (χ3v) is 0. The summed E-state index contributed by atoms with van der Waals surface area (Å²) in [6.45, 7) is 0. The standard InChI is InChI=1S/2H4N2.4S.W/c2*1-2;;;;;/h2*1-2H2;;;;;/q;;4*-2;/p+2. The molecule has 0 spiro atoms. The van der Waals surface area contributed by atoms with Crippen LogP contribution in [0.4, 0.5) is 0 Å². The molecule has 10 N–H and O–H groups in total. The zero-order chi connectivity index (χ0) is 4.00. The molecule has 0 radical (unpaired) electrons. The van der Waals surface area contributed by atoms with E-state index in [1.54, 1.807) is 0 Å². The number of nitrogens with two attached hydrogens (primary N) is 2. The van der Waals surface area contributed by atoms with E-state index in [-0.39, 0.29) is 75.0 Å². The van der Waals surface area contributed by atoms with E-state index in [4.69, 9.17) is 0 Å². The van der Waals surface area contributed by atoms with E-state index in [1.807, 2.05) is 0 Å². The smallest absolute Gasteiger partial charge is 0 e. The fraction of sp³-hybridized carbons (Fsp3) is 0. The number of hydrogen-bond donors (Lipinski definition) is 4. The first kappa shape index (κ1) is 69.8. The number of rotatable bonds is 0. The van der Waals surface area contributed by atoms with E-state index in [1.165, 1.54) is 0 Å². The summed E-state index contributed by atoms with van der Waals surface area (Å²) in [6, 6.07) is 0. The molecule has 4 nitrogen and oxygen atoms in total. The zero-order valence-electron chi connectivity index (χ0n) is 4.61. The van der Waals surface area contributed by atoms with Crippen molar-refractivity contribution in [3.8, 4) is 0 Å². The molecule has 0 aromatic rings. The molecule has 0 aromatic carbocycles. The van der Waals surface area contributed by atoms with Crippen LogP contribution in [0.1, 0.15) is 0 Å². The second-order valence-electron chi connectivity index (χ2n) is 0. The van der Waals surface area contributed by atoms with Gasteiger partial charge >= 0.3 is 0 Å². The predicted octanol–water partition coefficient (Wildman–Crippen LogP) is -3.81. The Bertz CT molecular complexity index is 12.5. The van der Waals surface area contributed by atoms with Gasteiger partial charge in [0.2, 0.25) is 0 Å². The molecule has 0 aliphatic carbocycles. The molecule has 9 heteroatoms. The monoisotopic (exact) mass is 378 g/mol. The van der Waals surface area contributed by atoms with Crippen LogP contribution in [0, 0.1) is 0 Å². The summed E-state index contributed by atoms with van der Waals surface area (Å²) in [5.74, 6) is 14.0. The van der Waals surface area contributed by atoms with Gasteiger partial charge in [0.1, 0.15) is 0 Å². The van der Waals surface area contributed by atoms with Crippen LogP contribution < -0.4 is 23.4 Å². The van der Waals surface area contributed by atoms with Gasteiger partial charge in [0, 0.05) is 21.1 Å². The topological polar surface area (TPSA) is 107 Å². The van der Waals surface area contributed by atoms with E-state index >= 15 is 0 Å². The van der Waals surface area contributed by atoms with E-state index in [2.05, 4.69) is 23.4 Å². The van der Waals surface area contributed by atoms with Crippen LogP contribution in [-0.2, 0) is 75.0 Å². The van der Waals surface area contributed by atoms with Gasteiger partial charge < -0.3 is 54.0 Å². The van der Waals surface area contributed by atoms with E-state index < -0.39 is 0 Å². The van der Waals surface area contributed by atoms with Crippen molar-refractivity contribution in [2.75, 3.05) is 0 Å². The summed E-state index contributed by atoms with van der Waals surface area (Å²) >= 11 is 0. The molecule has 0 unspecified atom stereocenters. The Hall–Kier alpha value is 1.93. The molecule has 0 fully saturated rings. The number of quaternary nitrogens is 2. The first-order valence-corrected chi connectivity index (χ1v) is 0.816. The molecule has 9 heavy (non-hydrogen) atoms. The molecule has 0 heterocycles. The normalized spacial score (nSPS) is 1.33. The summed E-state index contributed by atoms with van der Waals surface area (Å²) in [7, 11) is 0. The summed E-state index contributed by atoms with van der Waals surface area (Å²) in [5.41, 5.74) is 0. The Morgan fingerprint density at radius 1 is 0.556 bits per heavy atom. The van der Waals surface area contributed by atoms with Crippen LogP contribution in [0.15, 0.2) is 0 Å². The molecular formula is H10N4S4W-6. The average molecular weight is 378 g/mol. The van der Waals surface area contributed by atoms with Crippen molar-refractivity contribution in [3.63, 3.8) is 0 Å². The molecule has 66 valence electrons. The van der Waals surface area contributed by atoms with Gasteiger partial charge in [-0.25, -0.2) is 0 Å². The Balaban J connectivity index is -0.00000000114. The molecule has 0 saturated carbocycles. The minimum absolute atomic E-state index is 0. The maximum absolute atomic E-state index is 4.25. The molecule has 0 rings (SSSR count). The summed E-state index contributed by atoms with van der Waals surface area (Å²) in [5, 5.41) is 0. The van der Waals surface area contributed by atoms with Crippen LogP contribution in [0.3, 0.4) is 0 Å². The Morgan fingerprint density at radius 2 is 0.556 bits per heavy atom. The van der Waals surface area contributed by atoms with E-state index in [9.17, 15) is 0 Å². The Kier molecular flexibility index (Phi) is 1650. The van der Waals surface area contributed by atoms with E-state index in [0.29, 0.717) is 0 Å². The van der Waals surface area contributed by atoms with Gasteiger partial charge in [0.15, 0.2) is 0 Å². The van der Waals surface area contributed by atoms with Gasteiger partial charge in [-0.15, -0.1) is 0 Å². The van der Waals surface area contributed by atoms with Crippen molar-refractivity contribution in [1.82, 2.24) is 0 Å². The minimum Gasteiger partial charge on any atom is -2.00 e. The fourth-order valence-electron chi connectivity index (χ4n) is 0. The van der Waals surface area contributed by atoms with Gasteiger partial charge in [-0.1, -0.05) is 0 Å². The second kappa shape index (κ2) is 213. The third-order valence-electron chi connectivity index (χ3n) is 0. The zero-order valence-corrected chi connectivity index (χ0v) is 10.8. The van der Waals surface area contributed by atoms with Crippen LogP contribution in [-0.4, -0.2) is 0 Å². The average Bonchev–Trinajstić information content (AvgIpc) is 1.50. The van der Waals surface area contributed by atoms with E-state index in [0.717, 1.165) is 0 Å². The molecule has 0 bridgehead atoms. The van der Waals surface area contributed by atoms with Crippen molar-refractivity contribution >= 4 is 54.0 Å². The maximum Gasteiger partial charge on any atom is 0 e. The van der Waals surface area contributed by atoms with Crippen molar-refractivity contribution in [3.05, 3.63) is 0 Å². The summed E-state index contributed by atoms with van der Waals surface area (Å²) in [4.78, 5) is 0. The quantitative estimate of drug-likeness (QED) is 0.256. The van der Waals surface area contributed by atoms with Crippen molar-refractivity contribution in [2.45, 2.75) is 0 Å². The second-order valence-corrected chi connectivity index (χ2v) is 0. The van der Waals surface area contributed by atoms with Gasteiger partial charge in [-0.2, -0.15) is 11.7 Å². The van der Waals surface area contributed by atoms with Gasteiger partial charge in [-0.3, -0.25) is 11.7 Å². The summed E-state index contributed by atoms with van der Waals surface area (Å²) in [6.07, 6.45) is 0. The first-order chi connectivity index (χ1) is 2.00. The Labute approximate surface area is 97.8 Å². The van der Waals surface area contributed by atoms with Crippen LogP contribution in [0.25, 0.3) is 0 Å². The van der Waals surface area contributed by atoms with Crippen molar-refractivity contribution in [2.24, 2.45) is 11.7 Å². The largest absolute Gasteiger partial charge is 2.00 e. The molecule has 0 amide bonds. The third kappa shape index (κ3) is 168. The minimum atomic E-state index is 0. The van der Waals surface area contributed by atoms with Crippen LogP contribution >= 0.6 is 0 Å². The molecular weight excluding hydrogens is 368 g/mol. The van der Waals surface area contributed by atoms with Gasteiger partial charge in [0.05, 0.1) is 0 Å². The van der Waals surface area contributed by atoms with Crippen LogP contribution in [0.5, 0.6) is 0 Å². The Morgan fingerprint density at radius 3 is 0.556 bits per heavy atom.